The number of benzene rings is 3. The van der Waals surface area contributed by atoms with Crippen molar-refractivity contribution in [1.82, 2.24) is 4.90 Å². The van der Waals surface area contributed by atoms with Crippen molar-refractivity contribution in [3.63, 3.8) is 0 Å². The summed E-state index contributed by atoms with van der Waals surface area (Å²) >= 11 is 0. The molecule has 10 rings (SSSR count). The first kappa shape index (κ1) is 28.6. The molecule has 0 radical (unpaired) electrons. The normalized spacial score (nSPS) is 29.7. The Labute approximate surface area is 285 Å². The Morgan fingerprint density at radius 1 is 0.792 bits per heavy atom. The van der Waals surface area contributed by atoms with Gasteiger partial charge in [0.2, 0.25) is 5.96 Å². The van der Waals surface area contributed by atoms with E-state index in [1.54, 1.807) is 0 Å². The van der Waals surface area contributed by atoms with Crippen molar-refractivity contribution in [3.05, 3.63) is 137 Å². The maximum absolute atomic E-state index is 5.54. The summed E-state index contributed by atoms with van der Waals surface area (Å²) in [5.41, 5.74) is 10.7. The summed E-state index contributed by atoms with van der Waals surface area (Å²) < 4.78 is 0. The van der Waals surface area contributed by atoms with Crippen molar-refractivity contribution in [1.29, 1.82) is 0 Å². The van der Waals surface area contributed by atoms with Gasteiger partial charge in [-0.3, -0.25) is 9.89 Å². The molecule has 0 N–H and O–H groups in total. The Morgan fingerprint density at radius 2 is 1.67 bits per heavy atom. The zero-order chi connectivity index (χ0) is 31.6. The highest BCUT2D eigenvalue weighted by Gasteiger charge is 2.49. The van der Waals surface area contributed by atoms with E-state index >= 15 is 0 Å². The minimum atomic E-state index is 0.376. The molecule has 4 heteroatoms. The van der Waals surface area contributed by atoms with Crippen LogP contribution in [0.2, 0.25) is 0 Å². The molecule has 6 unspecified atom stereocenters. The van der Waals surface area contributed by atoms with E-state index < -0.39 is 0 Å². The van der Waals surface area contributed by atoms with Crippen molar-refractivity contribution in [3.8, 4) is 0 Å². The summed E-state index contributed by atoms with van der Waals surface area (Å²) in [6.07, 6.45) is 26.1. The molecule has 3 heterocycles. The second-order valence-corrected chi connectivity index (χ2v) is 15.1. The van der Waals surface area contributed by atoms with Gasteiger partial charge in [0, 0.05) is 29.1 Å². The van der Waals surface area contributed by atoms with Crippen molar-refractivity contribution in [2.24, 2.45) is 21.8 Å². The van der Waals surface area contributed by atoms with E-state index in [1.807, 2.05) is 0 Å². The number of anilines is 1. The molecular formula is C44H44N4. The Kier molecular flexibility index (Phi) is 6.91. The maximum atomic E-state index is 5.54. The fourth-order valence-electron chi connectivity index (χ4n) is 9.99. The molecule has 4 nitrogen and oxygen atoms in total. The van der Waals surface area contributed by atoms with Gasteiger partial charge in [-0.25, -0.2) is 4.99 Å². The Hall–Kier alpha value is -4.44. The van der Waals surface area contributed by atoms with Crippen LogP contribution >= 0.6 is 0 Å². The van der Waals surface area contributed by atoms with E-state index in [9.17, 15) is 0 Å². The molecule has 3 aliphatic heterocycles. The summed E-state index contributed by atoms with van der Waals surface area (Å²) in [6.45, 7) is 0. The van der Waals surface area contributed by atoms with Crippen LogP contribution in [0.3, 0.4) is 0 Å². The van der Waals surface area contributed by atoms with Gasteiger partial charge in [-0.05, 0) is 90.5 Å². The fourth-order valence-corrected chi connectivity index (χ4v) is 9.99. The van der Waals surface area contributed by atoms with Crippen LogP contribution < -0.4 is 4.90 Å². The maximum Gasteiger partial charge on any atom is 0.212 e. The fraction of sp³-hybridized carbons (Fsp3) is 0.364. The van der Waals surface area contributed by atoms with E-state index in [0.717, 1.165) is 30.3 Å². The molecule has 0 amide bonds. The SMILES string of the molecule is C1=CCC2C=CC(c3ccc(CC4CCCC5c6ccccc6N(C6=Nc7ccccc7C7=NC8CCCCC8N76)C5C4)cc3)=CC2=C1. The third-order valence-electron chi connectivity index (χ3n) is 12.3. The van der Waals surface area contributed by atoms with E-state index in [2.05, 4.69) is 119 Å². The number of hydrogen-bond donors (Lipinski definition) is 0. The number of aliphatic imine (C=N–C) groups is 2. The van der Waals surface area contributed by atoms with E-state index in [0.29, 0.717) is 35.9 Å². The zero-order valence-corrected chi connectivity index (χ0v) is 27.7. The quantitative estimate of drug-likeness (QED) is 0.289. The van der Waals surface area contributed by atoms with Gasteiger partial charge in [-0.1, -0.05) is 117 Å². The predicted octanol–water partition coefficient (Wildman–Crippen LogP) is 9.92. The van der Waals surface area contributed by atoms with Crippen LogP contribution in [-0.2, 0) is 6.42 Å². The van der Waals surface area contributed by atoms with Gasteiger partial charge < -0.3 is 4.90 Å². The Balaban J connectivity index is 0.964. The van der Waals surface area contributed by atoms with Crippen LogP contribution in [0.15, 0.2) is 125 Å². The van der Waals surface area contributed by atoms with Crippen LogP contribution in [0.5, 0.6) is 0 Å². The van der Waals surface area contributed by atoms with Gasteiger partial charge in [0.25, 0.3) is 0 Å². The molecule has 0 spiro atoms. The molecule has 48 heavy (non-hydrogen) atoms. The number of fused-ring (bicyclic) bond motifs is 9. The summed E-state index contributed by atoms with van der Waals surface area (Å²) in [5, 5.41) is 0. The number of nitrogens with zero attached hydrogens (tertiary/aromatic N) is 4. The van der Waals surface area contributed by atoms with E-state index in [4.69, 9.17) is 9.98 Å². The second kappa shape index (κ2) is 11.6. The number of para-hydroxylation sites is 2. The summed E-state index contributed by atoms with van der Waals surface area (Å²) in [5.74, 6) is 4.01. The number of amidine groups is 1. The molecule has 0 bridgehead atoms. The first-order valence-electron chi connectivity index (χ1n) is 18.6. The highest BCUT2D eigenvalue weighted by molar-refractivity contribution is 6.20. The topological polar surface area (TPSA) is 31.2 Å². The van der Waals surface area contributed by atoms with Crippen LogP contribution in [-0.4, -0.2) is 34.8 Å². The predicted molar refractivity (Wildman–Crippen MR) is 198 cm³/mol. The first-order valence-corrected chi connectivity index (χ1v) is 18.6. The van der Waals surface area contributed by atoms with Crippen molar-refractivity contribution < 1.29 is 0 Å². The van der Waals surface area contributed by atoms with E-state index in [1.165, 1.54) is 90.5 Å². The lowest BCUT2D eigenvalue weighted by Gasteiger charge is -2.42. The highest BCUT2D eigenvalue weighted by atomic mass is 15.5. The lowest BCUT2D eigenvalue weighted by atomic mass is 9.84. The van der Waals surface area contributed by atoms with E-state index in [-0.39, 0.29) is 0 Å². The minimum absolute atomic E-state index is 0.376. The molecule has 3 aromatic carbocycles. The average Bonchev–Trinajstić information content (AvgIpc) is 3.60. The van der Waals surface area contributed by atoms with Crippen molar-refractivity contribution >= 4 is 28.7 Å². The molecular weight excluding hydrogens is 585 g/mol. The van der Waals surface area contributed by atoms with Crippen molar-refractivity contribution in [2.45, 2.75) is 88.3 Å². The lowest BCUT2D eigenvalue weighted by molar-refractivity contribution is 0.306. The smallest absolute Gasteiger partial charge is 0.212 e. The van der Waals surface area contributed by atoms with Gasteiger partial charge in [0.1, 0.15) is 5.84 Å². The third-order valence-corrected chi connectivity index (χ3v) is 12.3. The molecule has 3 aromatic rings. The standard InChI is InChI=1S/C44H44N4/c1-2-12-33-28-34(25-24-31(33)11-1)32-22-20-29(21-23-32)26-30-10-9-15-36-35-13-4-7-18-40(35)47(42(36)27-30)44-46-38-16-5-3-14-37(38)43-45-39-17-6-8-19-41(39)48(43)44/h1-5,7,12-14,16,18,20-25,28,30-31,36,39,41-42H,6,8-11,15,17,19,26-27H2. The van der Waals surface area contributed by atoms with Gasteiger partial charge in [0.15, 0.2) is 0 Å². The molecule has 2 fully saturated rings. The zero-order valence-electron chi connectivity index (χ0n) is 27.7. The molecule has 2 saturated carbocycles. The number of guanidine groups is 1. The molecule has 0 aromatic heterocycles. The summed E-state index contributed by atoms with van der Waals surface area (Å²) in [4.78, 5) is 16.2. The number of rotatable bonds is 3. The largest absolute Gasteiger partial charge is 0.308 e. The summed E-state index contributed by atoms with van der Waals surface area (Å²) in [7, 11) is 0. The Bertz CT molecular complexity index is 1940. The van der Waals surface area contributed by atoms with Crippen LogP contribution in [0, 0.1) is 11.8 Å². The molecule has 4 aliphatic carbocycles. The molecule has 0 saturated heterocycles. The van der Waals surface area contributed by atoms with Gasteiger partial charge in [0.05, 0.1) is 17.8 Å². The first-order chi connectivity index (χ1) is 23.8. The third kappa shape index (κ3) is 4.70. The van der Waals surface area contributed by atoms with Crippen LogP contribution in [0.1, 0.15) is 86.0 Å². The van der Waals surface area contributed by atoms with Crippen LogP contribution in [0.4, 0.5) is 11.4 Å². The lowest BCUT2D eigenvalue weighted by Crippen LogP contribution is -2.55. The van der Waals surface area contributed by atoms with Gasteiger partial charge in [-0.15, -0.1) is 0 Å². The monoisotopic (exact) mass is 628 g/mol. The minimum Gasteiger partial charge on any atom is -0.308 e. The molecule has 6 atom stereocenters. The number of allylic oxidation sites excluding steroid dienone is 8. The van der Waals surface area contributed by atoms with Crippen LogP contribution in [0.25, 0.3) is 5.57 Å². The highest BCUT2D eigenvalue weighted by Crippen LogP contribution is 2.50. The number of hydrogen-bond acceptors (Lipinski definition) is 4. The summed E-state index contributed by atoms with van der Waals surface area (Å²) in [6, 6.07) is 28.6. The molecule has 7 aliphatic rings. The average molecular weight is 629 g/mol. The second-order valence-electron chi connectivity index (χ2n) is 15.1. The van der Waals surface area contributed by atoms with Gasteiger partial charge >= 0.3 is 0 Å². The van der Waals surface area contributed by atoms with Gasteiger partial charge in [-0.2, -0.15) is 0 Å². The van der Waals surface area contributed by atoms with Crippen molar-refractivity contribution in [2.75, 3.05) is 4.90 Å². The Morgan fingerprint density at radius 3 is 2.62 bits per heavy atom. The molecule has 240 valence electrons.